The highest BCUT2D eigenvalue weighted by molar-refractivity contribution is 7.91. The number of nitrogens with zero attached hydrogens (tertiary/aromatic N) is 1. The van der Waals surface area contributed by atoms with Crippen LogP contribution in [0.2, 0.25) is 0 Å². The largest absolute Gasteiger partial charge is 0.469 e. The van der Waals surface area contributed by atoms with Crippen molar-refractivity contribution in [3.05, 3.63) is 0 Å². The van der Waals surface area contributed by atoms with Gasteiger partial charge in [-0.3, -0.25) is 9.69 Å². The number of carbonyl (C=O) groups is 1. The molecule has 0 radical (unpaired) electrons. The van der Waals surface area contributed by atoms with Crippen LogP contribution in [0.5, 0.6) is 0 Å². The number of methoxy groups -OCH3 is 2. The van der Waals surface area contributed by atoms with Crippen molar-refractivity contribution in [1.82, 2.24) is 4.90 Å². The molecular weight excluding hydrogens is 258 g/mol. The van der Waals surface area contributed by atoms with Crippen LogP contribution in [-0.2, 0) is 24.1 Å². The molecule has 0 bridgehead atoms. The first-order valence-electron chi connectivity index (χ1n) is 5.93. The summed E-state index contributed by atoms with van der Waals surface area (Å²) in [6.07, 6.45) is 0.256. The molecule has 0 aliphatic rings. The highest BCUT2D eigenvalue weighted by Crippen LogP contribution is 1.97. The third kappa shape index (κ3) is 8.43. The maximum absolute atomic E-state index is 11.4. The first kappa shape index (κ1) is 17.3. The SMILES string of the molecule is CCS(=O)(=O)CCN(CCOC)CCC(=O)OC. The van der Waals surface area contributed by atoms with Gasteiger partial charge in [-0.25, -0.2) is 8.42 Å². The van der Waals surface area contributed by atoms with Crippen molar-refractivity contribution in [3.8, 4) is 0 Å². The van der Waals surface area contributed by atoms with Gasteiger partial charge in [-0.2, -0.15) is 0 Å². The van der Waals surface area contributed by atoms with Gasteiger partial charge in [0.15, 0.2) is 9.84 Å². The third-order valence-electron chi connectivity index (χ3n) is 2.63. The highest BCUT2D eigenvalue weighted by Gasteiger charge is 2.13. The van der Waals surface area contributed by atoms with Gasteiger partial charge in [0, 0.05) is 32.5 Å². The standard InChI is InChI=1S/C11H23NO5S/c1-4-18(14,15)10-8-12(7-9-16-2)6-5-11(13)17-3/h4-10H2,1-3H3. The van der Waals surface area contributed by atoms with E-state index in [1.165, 1.54) is 7.11 Å². The summed E-state index contributed by atoms with van der Waals surface area (Å²) in [5.41, 5.74) is 0. The molecule has 108 valence electrons. The molecule has 0 rings (SSSR count). The topological polar surface area (TPSA) is 72.9 Å². The van der Waals surface area contributed by atoms with Crippen LogP contribution in [0.1, 0.15) is 13.3 Å². The molecule has 0 saturated carbocycles. The van der Waals surface area contributed by atoms with E-state index in [9.17, 15) is 13.2 Å². The number of carbonyl (C=O) groups excluding carboxylic acids is 1. The van der Waals surface area contributed by atoms with E-state index in [1.807, 2.05) is 4.90 Å². The van der Waals surface area contributed by atoms with Gasteiger partial charge >= 0.3 is 5.97 Å². The molecule has 0 atom stereocenters. The minimum absolute atomic E-state index is 0.106. The van der Waals surface area contributed by atoms with Crippen LogP contribution in [0, 0.1) is 0 Å². The normalized spacial score (nSPS) is 11.8. The van der Waals surface area contributed by atoms with Crippen molar-refractivity contribution in [2.45, 2.75) is 13.3 Å². The molecule has 0 spiro atoms. The van der Waals surface area contributed by atoms with Crippen LogP contribution in [0.3, 0.4) is 0 Å². The molecule has 7 heteroatoms. The predicted octanol–water partition coefficient (Wildman–Crippen LogP) is -0.0674. The fourth-order valence-electron chi connectivity index (χ4n) is 1.32. The molecule has 0 aliphatic carbocycles. The number of hydrogen-bond acceptors (Lipinski definition) is 6. The van der Waals surface area contributed by atoms with E-state index in [2.05, 4.69) is 4.74 Å². The van der Waals surface area contributed by atoms with Crippen molar-refractivity contribution >= 4 is 15.8 Å². The van der Waals surface area contributed by atoms with E-state index < -0.39 is 9.84 Å². The summed E-state index contributed by atoms with van der Waals surface area (Å²) in [6.45, 7) is 3.63. The molecule has 0 heterocycles. The molecule has 0 aromatic heterocycles. The number of hydrogen-bond donors (Lipinski definition) is 0. The Morgan fingerprint density at radius 2 is 1.83 bits per heavy atom. The molecule has 18 heavy (non-hydrogen) atoms. The van der Waals surface area contributed by atoms with Gasteiger partial charge in [0.25, 0.3) is 0 Å². The quantitative estimate of drug-likeness (QED) is 0.522. The zero-order chi connectivity index (χ0) is 14.0. The van der Waals surface area contributed by atoms with E-state index in [4.69, 9.17) is 4.74 Å². The lowest BCUT2D eigenvalue weighted by Crippen LogP contribution is -2.34. The second kappa shape index (κ2) is 9.29. The molecule has 0 N–H and O–H groups in total. The number of rotatable bonds is 10. The van der Waals surface area contributed by atoms with Gasteiger partial charge in [-0.1, -0.05) is 6.92 Å². The fraction of sp³-hybridized carbons (Fsp3) is 0.909. The molecule has 6 nitrogen and oxygen atoms in total. The summed E-state index contributed by atoms with van der Waals surface area (Å²) in [4.78, 5) is 12.9. The van der Waals surface area contributed by atoms with Crippen molar-refractivity contribution in [2.75, 3.05) is 52.0 Å². The Bertz CT molecular complexity index is 328. The van der Waals surface area contributed by atoms with Crippen LogP contribution in [0.4, 0.5) is 0 Å². The van der Waals surface area contributed by atoms with Crippen LogP contribution in [0.25, 0.3) is 0 Å². The second-order valence-corrected chi connectivity index (χ2v) is 6.37. The summed E-state index contributed by atoms with van der Waals surface area (Å²) in [5.74, 6) is -0.0491. The molecular formula is C11H23NO5S. The second-order valence-electron chi connectivity index (χ2n) is 3.90. The molecule has 0 aromatic rings. The van der Waals surface area contributed by atoms with Crippen molar-refractivity contribution < 1.29 is 22.7 Å². The van der Waals surface area contributed by atoms with Gasteiger partial charge in [0.1, 0.15) is 0 Å². The Morgan fingerprint density at radius 1 is 1.17 bits per heavy atom. The monoisotopic (exact) mass is 281 g/mol. The summed E-state index contributed by atoms with van der Waals surface area (Å²) in [5, 5.41) is 0. The van der Waals surface area contributed by atoms with E-state index in [-0.39, 0.29) is 23.9 Å². The number of ether oxygens (including phenoxy) is 2. The molecule has 0 amide bonds. The molecule has 0 aliphatic heterocycles. The highest BCUT2D eigenvalue weighted by atomic mass is 32.2. The van der Waals surface area contributed by atoms with Crippen LogP contribution < -0.4 is 0 Å². The Labute approximate surface area is 109 Å². The Kier molecular flexibility index (Phi) is 8.95. The van der Waals surface area contributed by atoms with Gasteiger partial charge in [0.2, 0.25) is 0 Å². The van der Waals surface area contributed by atoms with Crippen LogP contribution in [-0.4, -0.2) is 71.3 Å². The van der Waals surface area contributed by atoms with E-state index in [1.54, 1.807) is 14.0 Å². The molecule has 0 unspecified atom stereocenters. The maximum Gasteiger partial charge on any atom is 0.306 e. The number of sulfone groups is 1. The van der Waals surface area contributed by atoms with Crippen molar-refractivity contribution in [1.29, 1.82) is 0 Å². The zero-order valence-electron chi connectivity index (χ0n) is 11.3. The first-order chi connectivity index (χ1) is 8.45. The van der Waals surface area contributed by atoms with Crippen molar-refractivity contribution in [2.24, 2.45) is 0 Å². The lowest BCUT2D eigenvalue weighted by molar-refractivity contribution is -0.141. The van der Waals surface area contributed by atoms with Crippen molar-refractivity contribution in [3.63, 3.8) is 0 Å². The smallest absolute Gasteiger partial charge is 0.306 e. The average molecular weight is 281 g/mol. The Morgan fingerprint density at radius 3 is 2.33 bits per heavy atom. The number of esters is 1. The Hall–Kier alpha value is -0.660. The summed E-state index contributed by atoms with van der Waals surface area (Å²) in [7, 11) is -0.0611. The van der Waals surface area contributed by atoms with Gasteiger partial charge in [-0.05, 0) is 0 Å². The van der Waals surface area contributed by atoms with Gasteiger partial charge in [0.05, 0.1) is 25.9 Å². The third-order valence-corrected chi connectivity index (χ3v) is 4.31. The van der Waals surface area contributed by atoms with E-state index in [0.717, 1.165) is 0 Å². The fourth-order valence-corrected chi connectivity index (χ4v) is 2.14. The molecule has 0 saturated heterocycles. The van der Waals surface area contributed by atoms with Gasteiger partial charge < -0.3 is 9.47 Å². The van der Waals surface area contributed by atoms with Gasteiger partial charge in [-0.15, -0.1) is 0 Å². The summed E-state index contributed by atoms with van der Waals surface area (Å²) >= 11 is 0. The van der Waals surface area contributed by atoms with E-state index >= 15 is 0 Å². The lowest BCUT2D eigenvalue weighted by Gasteiger charge is -2.21. The predicted molar refractivity (Wildman–Crippen MR) is 69.3 cm³/mol. The molecule has 0 fully saturated rings. The summed E-state index contributed by atoms with van der Waals surface area (Å²) < 4.78 is 32.4. The minimum atomic E-state index is -2.98. The summed E-state index contributed by atoms with van der Waals surface area (Å²) in [6, 6.07) is 0. The van der Waals surface area contributed by atoms with Crippen LogP contribution in [0.15, 0.2) is 0 Å². The Balaban J connectivity index is 4.18. The lowest BCUT2D eigenvalue weighted by atomic mass is 10.3. The van der Waals surface area contributed by atoms with E-state index in [0.29, 0.717) is 26.2 Å². The molecule has 0 aromatic carbocycles. The minimum Gasteiger partial charge on any atom is -0.469 e. The average Bonchev–Trinajstić information content (AvgIpc) is 2.37. The zero-order valence-corrected chi connectivity index (χ0v) is 12.2. The van der Waals surface area contributed by atoms with Crippen LogP contribution >= 0.6 is 0 Å². The maximum atomic E-state index is 11.4. The first-order valence-corrected chi connectivity index (χ1v) is 7.75.